The molecule has 0 radical (unpaired) electrons. The third-order valence-electron chi connectivity index (χ3n) is 3.78. The van der Waals surface area contributed by atoms with Crippen LogP contribution in [-0.4, -0.2) is 43.1 Å². The highest BCUT2D eigenvalue weighted by atomic mass is 32.2. The zero-order valence-corrected chi connectivity index (χ0v) is 14.8. The van der Waals surface area contributed by atoms with Gasteiger partial charge in [-0.3, -0.25) is 0 Å². The van der Waals surface area contributed by atoms with Gasteiger partial charge in [0.25, 0.3) is 0 Å². The van der Waals surface area contributed by atoms with Crippen molar-refractivity contribution in [1.82, 2.24) is 0 Å². The Balaban J connectivity index is 0.000000690. The molecule has 1 aliphatic rings. The van der Waals surface area contributed by atoms with E-state index in [1.165, 1.54) is 70.9 Å². The van der Waals surface area contributed by atoms with Crippen molar-refractivity contribution in [3.05, 3.63) is 0 Å². The molecular formula is C16H33NO3S. The van der Waals surface area contributed by atoms with Crippen LogP contribution < -0.4 is 0 Å². The van der Waals surface area contributed by atoms with Crippen molar-refractivity contribution >= 4 is 16.3 Å². The van der Waals surface area contributed by atoms with E-state index in [4.69, 9.17) is 13.0 Å². The lowest BCUT2D eigenvalue weighted by atomic mass is 10.1. The molecule has 0 aromatic heterocycles. The largest absolute Gasteiger partial charge is 0.748 e. The van der Waals surface area contributed by atoms with Crippen LogP contribution in [0.5, 0.6) is 0 Å². The molecule has 0 spiro atoms. The van der Waals surface area contributed by atoms with Crippen molar-refractivity contribution in [1.29, 1.82) is 0 Å². The van der Waals surface area contributed by atoms with Crippen molar-refractivity contribution in [2.24, 2.45) is 5.92 Å². The molecule has 0 fully saturated rings. The molecule has 1 heterocycles. The van der Waals surface area contributed by atoms with E-state index >= 15 is 0 Å². The molecule has 126 valence electrons. The molecule has 0 N–H and O–H groups in total. The van der Waals surface area contributed by atoms with E-state index in [1.807, 2.05) is 0 Å². The zero-order valence-electron chi connectivity index (χ0n) is 14.0. The predicted molar refractivity (Wildman–Crippen MR) is 88.1 cm³/mol. The quantitative estimate of drug-likeness (QED) is 0.372. The molecule has 0 amide bonds. The predicted octanol–water partition coefficient (Wildman–Crippen LogP) is 3.41. The fourth-order valence-electron chi connectivity index (χ4n) is 2.55. The number of hydrogen-bond acceptors (Lipinski definition) is 3. The standard InChI is InChI=1S/C15H30N.CH4O3S/c1-3-5-6-7-8-9-10-12-16-13-11-15(4-2)14-16;1-5(2,3)4/h14-15H,3-13H2,1-2H3;1H3,(H,2,3,4)/q+1;/p-1. The van der Waals surface area contributed by atoms with Crippen LogP contribution in [0.15, 0.2) is 0 Å². The van der Waals surface area contributed by atoms with Crippen molar-refractivity contribution in [2.45, 2.75) is 71.6 Å². The summed E-state index contributed by atoms with van der Waals surface area (Å²) < 4.78 is 29.8. The Hall–Kier alpha value is -0.420. The monoisotopic (exact) mass is 319 g/mol. The summed E-state index contributed by atoms with van der Waals surface area (Å²) in [6.07, 6.45) is 15.8. The Bertz CT molecular complexity index is 369. The first-order chi connectivity index (χ1) is 9.86. The maximum absolute atomic E-state index is 9.08. The molecule has 21 heavy (non-hydrogen) atoms. The Morgan fingerprint density at radius 3 is 2.10 bits per heavy atom. The lowest BCUT2D eigenvalue weighted by molar-refractivity contribution is -0.516. The Morgan fingerprint density at radius 2 is 1.62 bits per heavy atom. The van der Waals surface area contributed by atoms with Crippen LogP contribution in [0.2, 0.25) is 0 Å². The van der Waals surface area contributed by atoms with Crippen molar-refractivity contribution in [3.8, 4) is 0 Å². The molecule has 1 unspecified atom stereocenters. The van der Waals surface area contributed by atoms with Gasteiger partial charge in [-0.2, -0.15) is 0 Å². The number of rotatable bonds is 9. The van der Waals surface area contributed by atoms with Gasteiger partial charge in [0.2, 0.25) is 0 Å². The van der Waals surface area contributed by atoms with Crippen LogP contribution in [0.25, 0.3) is 0 Å². The van der Waals surface area contributed by atoms with Crippen molar-refractivity contribution in [2.75, 3.05) is 19.3 Å². The lowest BCUT2D eigenvalue weighted by Crippen LogP contribution is -2.10. The first kappa shape index (κ1) is 20.6. The van der Waals surface area contributed by atoms with E-state index in [0.29, 0.717) is 6.26 Å². The van der Waals surface area contributed by atoms with Crippen LogP contribution in [-0.2, 0) is 10.1 Å². The second-order valence-corrected chi connectivity index (χ2v) is 7.38. The maximum atomic E-state index is 9.08. The van der Waals surface area contributed by atoms with Gasteiger partial charge in [0.1, 0.15) is 19.3 Å². The highest BCUT2D eigenvalue weighted by Gasteiger charge is 2.19. The van der Waals surface area contributed by atoms with E-state index < -0.39 is 10.1 Å². The van der Waals surface area contributed by atoms with Crippen LogP contribution in [0.1, 0.15) is 71.6 Å². The zero-order chi connectivity index (χ0) is 16.1. The topological polar surface area (TPSA) is 60.2 Å². The van der Waals surface area contributed by atoms with E-state index in [2.05, 4.69) is 24.6 Å². The van der Waals surface area contributed by atoms with Gasteiger partial charge in [-0.15, -0.1) is 0 Å². The summed E-state index contributed by atoms with van der Waals surface area (Å²) >= 11 is 0. The molecule has 0 bridgehead atoms. The molecule has 5 heteroatoms. The SMILES string of the molecule is CCCCCCCCC[N+]1=CC(CC)CC1.CS(=O)(=O)[O-]. The van der Waals surface area contributed by atoms with Gasteiger partial charge < -0.3 is 4.55 Å². The minimum absolute atomic E-state index is 0.604. The van der Waals surface area contributed by atoms with Gasteiger partial charge in [-0.1, -0.05) is 46.0 Å². The van der Waals surface area contributed by atoms with Crippen LogP contribution in [0.4, 0.5) is 0 Å². The molecule has 0 saturated carbocycles. The molecule has 0 aromatic carbocycles. The van der Waals surface area contributed by atoms with Gasteiger partial charge in [-0.25, -0.2) is 13.0 Å². The average molecular weight is 320 g/mol. The summed E-state index contributed by atoms with van der Waals surface area (Å²) in [5.41, 5.74) is 0. The fourth-order valence-corrected chi connectivity index (χ4v) is 2.55. The first-order valence-corrected chi connectivity index (χ1v) is 10.2. The summed E-state index contributed by atoms with van der Waals surface area (Å²) in [5, 5.41) is 0. The summed E-state index contributed by atoms with van der Waals surface area (Å²) in [4.78, 5) is 0. The minimum Gasteiger partial charge on any atom is -0.748 e. The fraction of sp³-hybridized carbons (Fsp3) is 0.938. The Morgan fingerprint density at radius 1 is 1.10 bits per heavy atom. The van der Waals surface area contributed by atoms with Crippen LogP contribution in [0, 0.1) is 5.92 Å². The first-order valence-electron chi connectivity index (χ1n) is 8.36. The van der Waals surface area contributed by atoms with E-state index in [0.717, 1.165) is 5.92 Å². The van der Waals surface area contributed by atoms with Crippen molar-refractivity contribution < 1.29 is 17.5 Å². The molecule has 0 aliphatic carbocycles. The van der Waals surface area contributed by atoms with Crippen LogP contribution in [0.3, 0.4) is 0 Å². The normalized spacial score (nSPS) is 18.1. The number of hydrogen-bond donors (Lipinski definition) is 0. The van der Waals surface area contributed by atoms with E-state index in [1.54, 1.807) is 0 Å². The number of unbranched alkanes of at least 4 members (excludes halogenated alkanes) is 6. The van der Waals surface area contributed by atoms with Gasteiger partial charge in [-0.05, 0) is 12.8 Å². The van der Waals surface area contributed by atoms with Gasteiger partial charge in [0.15, 0.2) is 0 Å². The third-order valence-corrected chi connectivity index (χ3v) is 3.78. The molecule has 1 rings (SSSR count). The maximum Gasteiger partial charge on any atom is 0.143 e. The molecule has 0 saturated heterocycles. The lowest BCUT2D eigenvalue weighted by Gasteiger charge is -2.00. The Labute approximate surface area is 131 Å². The second kappa shape index (κ2) is 12.2. The summed E-state index contributed by atoms with van der Waals surface area (Å²) in [6.45, 7) is 7.21. The molecule has 4 nitrogen and oxygen atoms in total. The van der Waals surface area contributed by atoms with E-state index in [-0.39, 0.29) is 0 Å². The third kappa shape index (κ3) is 15.8. The highest BCUT2D eigenvalue weighted by Crippen LogP contribution is 2.12. The minimum atomic E-state index is -3.92. The molecule has 0 aromatic rings. The molecule has 1 aliphatic heterocycles. The molecular weight excluding hydrogens is 286 g/mol. The summed E-state index contributed by atoms with van der Waals surface area (Å²) in [7, 11) is -3.92. The Kier molecular flexibility index (Phi) is 11.9. The summed E-state index contributed by atoms with van der Waals surface area (Å²) in [5.74, 6) is 0.879. The van der Waals surface area contributed by atoms with Crippen LogP contribution >= 0.6 is 0 Å². The highest BCUT2D eigenvalue weighted by molar-refractivity contribution is 7.84. The van der Waals surface area contributed by atoms with E-state index in [9.17, 15) is 0 Å². The average Bonchev–Trinajstić information content (AvgIpc) is 2.84. The second-order valence-electron chi connectivity index (χ2n) is 5.97. The van der Waals surface area contributed by atoms with Gasteiger partial charge in [0.05, 0.1) is 10.1 Å². The smallest absolute Gasteiger partial charge is 0.143 e. The van der Waals surface area contributed by atoms with Crippen molar-refractivity contribution in [3.63, 3.8) is 0 Å². The van der Waals surface area contributed by atoms with Gasteiger partial charge >= 0.3 is 0 Å². The van der Waals surface area contributed by atoms with Gasteiger partial charge in [0, 0.05) is 25.0 Å². The number of nitrogens with zero attached hydrogens (tertiary/aromatic N) is 1. The summed E-state index contributed by atoms with van der Waals surface area (Å²) in [6, 6.07) is 0. The molecule has 1 atom stereocenters.